The van der Waals surface area contributed by atoms with Crippen LogP contribution in [0.4, 0.5) is 8.78 Å². The Bertz CT molecular complexity index is 1500. The first-order chi connectivity index (χ1) is 16.7. The maximum absolute atomic E-state index is 13.8. The molecule has 3 aromatic carbocycles. The number of amides is 1. The van der Waals surface area contributed by atoms with Crippen molar-refractivity contribution in [1.29, 1.82) is 0 Å². The van der Waals surface area contributed by atoms with Crippen molar-refractivity contribution >= 4 is 15.9 Å². The van der Waals surface area contributed by atoms with Gasteiger partial charge in [0.1, 0.15) is 23.5 Å². The van der Waals surface area contributed by atoms with Gasteiger partial charge in [-0.15, -0.1) is 0 Å². The predicted molar refractivity (Wildman–Crippen MR) is 126 cm³/mol. The van der Waals surface area contributed by atoms with Gasteiger partial charge in [0.25, 0.3) is 10.0 Å². The van der Waals surface area contributed by atoms with Gasteiger partial charge in [-0.3, -0.25) is 4.79 Å². The van der Waals surface area contributed by atoms with Gasteiger partial charge in [-0.25, -0.2) is 26.5 Å². The number of halogens is 2. The lowest BCUT2D eigenvalue weighted by Gasteiger charge is -2.29. The van der Waals surface area contributed by atoms with Crippen LogP contribution in [0.3, 0.4) is 0 Å². The molecule has 0 aliphatic carbocycles. The molecule has 1 atom stereocenters. The van der Waals surface area contributed by atoms with Crippen LogP contribution in [0.5, 0.6) is 0 Å². The van der Waals surface area contributed by atoms with E-state index in [0.717, 1.165) is 9.87 Å². The van der Waals surface area contributed by atoms with Crippen LogP contribution in [-0.4, -0.2) is 28.2 Å². The van der Waals surface area contributed by atoms with E-state index in [0.29, 0.717) is 22.6 Å². The number of aryl methyl sites for hydroxylation is 2. The molecule has 0 saturated heterocycles. The molecule has 0 bridgehead atoms. The number of benzene rings is 3. The number of sulfonamides is 1. The molecule has 1 unspecified atom stereocenters. The van der Waals surface area contributed by atoms with Crippen LogP contribution < -0.4 is 0 Å². The average Bonchev–Trinajstić information content (AvgIpc) is 3.20. The molecule has 0 radical (unpaired) electrons. The molecule has 4 aromatic rings. The maximum atomic E-state index is 13.8. The van der Waals surface area contributed by atoms with E-state index in [1.54, 1.807) is 35.0 Å². The standard InChI is InChI=1S/C26H21F2N3O3S/c1-17-2-12-22(13-3-17)35(33,34)31-24(32)14-15-30-16-23(18-4-8-20(27)9-5-18)29-26(30)25(31)19-6-10-21(28)11-7-19/h2-13,16,25H,14-15H2,1H3. The topological polar surface area (TPSA) is 72.3 Å². The van der Waals surface area contributed by atoms with Crippen LogP contribution >= 0.6 is 0 Å². The Kier molecular flexibility index (Phi) is 5.72. The molecule has 6 nitrogen and oxygen atoms in total. The van der Waals surface area contributed by atoms with E-state index in [-0.39, 0.29) is 23.7 Å². The summed E-state index contributed by atoms with van der Waals surface area (Å²) >= 11 is 0. The Morgan fingerprint density at radius 3 is 2.11 bits per heavy atom. The van der Waals surface area contributed by atoms with Gasteiger partial charge in [0.2, 0.25) is 5.91 Å². The monoisotopic (exact) mass is 493 g/mol. The fraction of sp³-hybridized carbons (Fsp3) is 0.154. The van der Waals surface area contributed by atoms with Crippen LogP contribution in [-0.2, 0) is 21.4 Å². The molecule has 1 aliphatic heterocycles. The SMILES string of the molecule is Cc1ccc(S(=O)(=O)N2C(=O)CCn3cc(-c4ccc(F)cc4)nc3C2c2ccc(F)cc2)cc1. The normalized spacial score (nSPS) is 16.1. The lowest BCUT2D eigenvalue weighted by Crippen LogP contribution is -2.39. The van der Waals surface area contributed by atoms with Crippen molar-refractivity contribution in [3.05, 3.63) is 108 Å². The Labute approximate surface area is 201 Å². The summed E-state index contributed by atoms with van der Waals surface area (Å²) in [6.45, 7) is 2.04. The molecular formula is C26H21F2N3O3S. The van der Waals surface area contributed by atoms with Crippen LogP contribution in [0, 0.1) is 18.6 Å². The number of hydrogen-bond acceptors (Lipinski definition) is 4. The molecule has 1 aromatic heterocycles. The lowest BCUT2D eigenvalue weighted by molar-refractivity contribution is -0.127. The van der Waals surface area contributed by atoms with Crippen LogP contribution in [0.2, 0.25) is 0 Å². The zero-order valence-electron chi connectivity index (χ0n) is 18.7. The fourth-order valence-electron chi connectivity index (χ4n) is 4.19. The Balaban J connectivity index is 1.71. The largest absolute Gasteiger partial charge is 0.332 e. The molecule has 0 saturated carbocycles. The van der Waals surface area contributed by atoms with Gasteiger partial charge >= 0.3 is 0 Å². The van der Waals surface area contributed by atoms with Crippen LogP contribution in [0.25, 0.3) is 11.3 Å². The number of nitrogens with zero attached hydrogens (tertiary/aromatic N) is 3. The summed E-state index contributed by atoms with van der Waals surface area (Å²) in [6, 6.07) is 16.3. The van der Waals surface area contributed by atoms with E-state index >= 15 is 0 Å². The maximum Gasteiger partial charge on any atom is 0.267 e. The second-order valence-corrected chi connectivity index (χ2v) is 10.2. The molecule has 0 spiro atoms. The first-order valence-electron chi connectivity index (χ1n) is 11.0. The van der Waals surface area contributed by atoms with Gasteiger partial charge in [0.05, 0.1) is 10.6 Å². The summed E-state index contributed by atoms with van der Waals surface area (Å²) in [5, 5.41) is 0. The van der Waals surface area contributed by atoms with E-state index in [2.05, 4.69) is 4.98 Å². The minimum Gasteiger partial charge on any atom is -0.332 e. The zero-order chi connectivity index (χ0) is 24.7. The third kappa shape index (κ3) is 4.23. The second-order valence-electron chi connectivity index (χ2n) is 8.40. The molecule has 0 fully saturated rings. The average molecular weight is 494 g/mol. The number of rotatable bonds is 4. The molecule has 35 heavy (non-hydrogen) atoms. The van der Waals surface area contributed by atoms with E-state index < -0.39 is 27.8 Å². The summed E-state index contributed by atoms with van der Waals surface area (Å²) in [4.78, 5) is 18.0. The number of imidazole rings is 1. The van der Waals surface area contributed by atoms with Crippen molar-refractivity contribution in [1.82, 2.24) is 13.9 Å². The van der Waals surface area contributed by atoms with Gasteiger partial charge < -0.3 is 4.57 Å². The molecule has 2 heterocycles. The van der Waals surface area contributed by atoms with Gasteiger partial charge in [0.15, 0.2) is 0 Å². The van der Waals surface area contributed by atoms with Crippen molar-refractivity contribution in [2.75, 3.05) is 0 Å². The summed E-state index contributed by atoms with van der Waals surface area (Å²) in [5.41, 5.74) is 2.42. The first kappa shape index (κ1) is 22.9. The minimum atomic E-state index is -4.28. The van der Waals surface area contributed by atoms with E-state index in [1.807, 2.05) is 6.92 Å². The van der Waals surface area contributed by atoms with Gasteiger partial charge in [0, 0.05) is 24.7 Å². The van der Waals surface area contributed by atoms with Crippen molar-refractivity contribution in [2.45, 2.75) is 30.8 Å². The highest BCUT2D eigenvalue weighted by molar-refractivity contribution is 7.89. The lowest BCUT2D eigenvalue weighted by atomic mass is 10.1. The molecule has 9 heteroatoms. The Morgan fingerprint density at radius 1 is 0.886 bits per heavy atom. The molecular weight excluding hydrogens is 472 g/mol. The first-order valence-corrected chi connectivity index (χ1v) is 12.4. The highest BCUT2D eigenvalue weighted by Crippen LogP contribution is 2.37. The molecule has 178 valence electrons. The minimum absolute atomic E-state index is 0.0256. The van der Waals surface area contributed by atoms with Gasteiger partial charge in [-0.05, 0) is 61.0 Å². The number of fused-ring (bicyclic) bond motifs is 1. The highest BCUT2D eigenvalue weighted by Gasteiger charge is 2.41. The third-order valence-corrected chi connectivity index (χ3v) is 7.80. The van der Waals surface area contributed by atoms with Gasteiger partial charge in [-0.1, -0.05) is 29.8 Å². The Hall–Kier alpha value is -3.85. The van der Waals surface area contributed by atoms with Gasteiger partial charge in [-0.2, -0.15) is 0 Å². The van der Waals surface area contributed by atoms with Crippen molar-refractivity contribution in [3.63, 3.8) is 0 Å². The smallest absolute Gasteiger partial charge is 0.267 e. The Morgan fingerprint density at radius 2 is 1.49 bits per heavy atom. The highest BCUT2D eigenvalue weighted by atomic mass is 32.2. The quantitative estimate of drug-likeness (QED) is 0.408. The van der Waals surface area contributed by atoms with Crippen LogP contribution in [0.1, 0.15) is 29.4 Å². The number of carbonyl (C=O) groups excluding carboxylic acids is 1. The molecule has 5 rings (SSSR count). The van der Waals surface area contributed by atoms with Crippen LogP contribution in [0.15, 0.2) is 83.9 Å². The molecule has 0 N–H and O–H groups in total. The summed E-state index contributed by atoms with van der Waals surface area (Å²) in [6.07, 6.45) is 1.64. The van der Waals surface area contributed by atoms with E-state index in [9.17, 15) is 22.0 Å². The second kappa shape index (κ2) is 8.74. The summed E-state index contributed by atoms with van der Waals surface area (Å²) in [5.74, 6) is -1.15. The van der Waals surface area contributed by atoms with Crippen molar-refractivity contribution in [2.24, 2.45) is 0 Å². The molecule has 1 amide bonds. The van der Waals surface area contributed by atoms with E-state index in [4.69, 9.17) is 0 Å². The predicted octanol–water partition coefficient (Wildman–Crippen LogP) is 4.85. The van der Waals surface area contributed by atoms with E-state index in [1.165, 1.54) is 48.5 Å². The number of aromatic nitrogens is 2. The number of carbonyl (C=O) groups is 1. The zero-order valence-corrected chi connectivity index (χ0v) is 19.5. The molecule has 1 aliphatic rings. The summed E-state index contributed by atoms with van der Waals surface area (Å²) < 4.78 is 57.4. The summed E-state index contributed by atoms with van der Waals surface area (Å²) in [7, 11) is -4.28. The number of hydrogen-bond donors (Lipinski definition) is 0. The third-order valence-electron chi connectivity index (χ3n) is 6.00. The fourth-order valence-corrected chi connectivity index (χ4v) is 5.75. The van der Waals surface area contributed by atoms with Crippen molar-refractivity contribution < 1.29 is 22.0 Å². The van der Waals surface area contributed by atoms with Crippen molar-refractivity contribution in [3.8, 4) is 11.3 Å².